The second kappa shape index (κ2) is 8.52. The molecule has 0 spiro atoms. The van der Waals surface area contributed by atoms with Crippen LogP contribution in [0.15, 0.2) is 46.3 Å². The van der Waals surface area contributed by atoms with Crippen molar-refractivity contribution in [1.82, 2.24) is 19.4 Å². The highest BCUT2D eigenvalue weighted by atomic mass is 35.5. The minimum atomic E-state index is 0.472. The Kier molecular flexibility index (Phi) is 6.02. The van der Waals surface area contributed by atoms with Crippen LogP contribution < -0.4 is 0 Å². The van der Waals surface area contributed by atoms with E-state index in [-0.39, 0.29) is 0 Å². The molecule has 0 aliphatic carbocycles. The van der Waals surface area contributed by atoms with E-state index in [2.05, 4.69) is 27.6 Å². The van der Waals surface area contributed by atoms with E-state index >= 15 is 0 Å². The number of halogens is 1. The first-order chi connectivity index (χ1) is 14.0. The summed E-state index contributed by atoms with van der Waals surface area (Å²) in [6.07, 6.45) is 14.5. The van der Waals surface area contributed by atoms with Crippen LogP contribution in [0.3, 0.4) is 0 Å². The van der Waals surface area contributed by atoms with Crippen molar-refractivity contribution in [2.45, 2.75) is 64.6 Å². The number of imidazole rings is 1. The van der Waals surface area contributed by atoms with Crippen molar-refractivity contribution in [3.8, 4) is 0 Å². The highest BCUT2D eigenvalue weighted by Crippen LogP contribution is 2.43. The molecule has 2 fully saturated rings. The molecule has 2 aromatic heterocycles. The lowest BCUT2D eigenvalue weighted by Gasteiger charge is -2.41. The highest BCUT2D eigenvalue weighted by Gasteiger charge is 2.43. The monoisotopic (exact) mass is 429 g/mol. The summed E-state index contributed by atoms with van der Waals surface area (Å²) in [7, 11) is 0. The Morgan fingerprint density at radius 3 is 2.59 bits per heavy atom. The molecule has 0 aromatic carbocycles. The first-order valence-corrected chi connectivity index (χ1v) is 11.8. The summed E-state index contributed by atoms with van der Waals surface area (Å²) in [4.78, 5) is 16.6. The lowest BCUT2D eigenvalue weighted by molar-refractivity contribution is 0.186. The summed E-state index contributed by atoms with van der Waals surface area (Å²) in [5.41, 5.74) is 3.18. The van der Waals surface area contributed by atoms with Crippen molar-refractivity contribution in [1.29, 1.82) is 0 Å². The molecule has 29 heavy (non-hydrogen) atoms. The maximum absolute atomic E-state index is 5.96. The van der Waals surface area contributed by atoms with Gasteiger partial charge < -0.3 is 9.47 Å². The number of thioether (sulfide) groups is 1. The molecule has 2 aliphatic rings. The summed E-state index contributed by atoms with van der Waals surface area (Å²) >= 11 is 7.70. The standard InChI is InChI=1S/C22H28ClN5S/c1-14(23)5-6-15(2)25-22(29-4)28-17-7-8-18(28)12-19(11-17)27-16(3)26-20-9-10-24-13-21(20)27/h5-6,9-10,13,17-19H,7-8,11-12H2,1-4H3/b14-5+,15-6+,25-22?. The number of rotatable bonds is 3. The number of fused-ring (bicyclic) bond motifs is 3. The van der Waals surface area contributed by atoms with Gasteiger partial charge in [-0.25, -0.2) is 9.98 Å². The molecular formula is C22H28ClN5S. The summed E-state index contributed by atoms with van der Waals surface area (Å²) in [5.74, 6) is 1.09. The average molecular weight is 430 g/mol. The number of nitrogens with zero attached hydrogens (tertiary/aromatic N) is 5. The van der Waals surface area contributed by atoms with E-state index in [4.69, 9.17) is 21.6 Å². The number of pyridine rings is 1. The zero-order valence-electron chi connectivity index (χ0n) is 17.5. The van der Waals surface area contributed by atoms with Crippen molar-refractivity contribution < 1.29 is 0 Å². The molecule has 5 nitrogen and oxygen atoms in total. The minimum absolute atomic E-state index is 0.472. The van der Waals surface area contributed by atoms with Gasteiger partial charge in [0.15, 0.2) is 5.17 Å². The zero-order valence-corrected chi connectivity index (χ0v) is 19.0. The molecule has 2 unspecified atom stereocenters. The van der Waals surface area contributed by atoms with E-state index in [0.717, 1.165) is 45.6 Å². The normalized spacial score (nSPS) is 25.9. The Morgan fingerprint density at radius 2 is 1.93 bits per heavy atom. The van der Waals surface area contributed by atoms with E-state index in [0.29, 0.717) is 18.1 Å². The fourth-order valence-corrected chi connectivity index (χ4v) is 5.63. The third kappa shape index (κ3) is 4.10. The molecule has 2 bridgehead atoms. The predicted octanol–water partition coefficient (Wildman–Crippen LogP) is 5.67. The number of hydrogen-bond acceptors (Lipinski definition) is 4. The molecule has 0 saturated carbocycles. The average Bonchev–Trinajstić information content (AvgIpc) is 3.16. The maximum Gasteiger partial charge on any atom is 0.164 e. The Hall–Kier alpha value is -1.79. The lowest BCUT2D eigenvalue weighted by atomic mass is 9.97. The Balaban J connectivity index is 1.60. The van der Waals surface area contributed by atoms with Gasteiger partial charge in [-0.3, -0.25) is 4.98 Å². The summed E-state index contributed by atoms with van der Waals surface area (Å²) in [5, 5.41) is 1.89. The smallest absolute Gasteiger partial charge is 0.164 e. The second-order valence-corrected chi connectivity index (χ2v) is 9.34. The van der Waals surface area contributed by atoms with Crippen LogP contribution in [0.25, 0.3) is 11.0 Å². The van der Waals surface area contributed by atoms with Crippen LogP contribution in [0.2, 0.25) is 0 Å². The molecule has 0 N–H and O–H groups in total. The number of allylic oxidation sites excluding steroid dienone is 4. The van der Waals surface area contributed by atoms with Crippen LogP contribution in [0, 0.1) is 6.92 Å². The van der Waals surface area contributed by atoms with Crippen molar-refractivity contribution >= 4 is 39.6 Å². The van der Waals surface area contributed by atoms with Gasteiger partial charge in [0.25, 0.3) is 0 Å². The van der Waals surface area contributed by atoms with Crippen LogP contribution >= 0.6 is 23.4 Å². The third-order valence-electron chi connectivity index (χ3n) is 5.97. The first-order valence-electron chi connectivity index (χ1n) is 10.2. The maximum atomic E-state index is 5.96. The van der Waals surface area contributed by atoms with Gasteiger partial charge in [0.2, 0.25) is 0 Å². The molecule has 2 atom stereocenters. The van der Waals surface area contributed by atoms with Crippen molar-refractivity contribution in [2.75, 3.05) is 6.26 Å². The van der Waals surface area contributed by atoms with Gasteiger partial charge in [-0.15, -0.1) is 0 Å². The van der Waals surface area contributed by atoms with Gasteiger partial charge in [0, 0.05) is 35.1 Å². The van der Waals surface area contributed by atoms with Gasteiger partial charge in [0.1, 0.15) is 5.82 Å². The van der Waals surface area contributed by atoms with Crippen molar-refractivity contribution in [3.05, 3.63) is 47.2 Å². The number of aliphatic imine (C=N–C) groups is 1. The third-order valence-corrected chi connectivity index (χ3v) is 6.76. The quantitative estimate of drug-likeness (QED) is 0.358. The molecule has 2 saturated heterocycles. The number of hydrogen-bond donors (Lipinski definition) is 0. The Morgan fingerprint density at radius 1 is 1.21 bits per heavy atom. The van der Waals surface area contributed by atoms with Gasteiger partial charge in [-0.05, 0) is 70.9 Å². The van der Waals surface area contributed by atoms with E-state index in [1.807, 2.05) is 44.5 Å². The SMILES string of the molecule is CSC(=N/C(C)=C/C=C(\C)Cl)N1C2CCC1CC(n1c(C)nc3ccncc31)C2. The van der Waals surface area contributed by atoms with E-state index in [9.17, 15) is 0 Å². The molecular weight excluding hydrogens is 402 g/mol. The zero-order chi connectivity index (χ0) is 20.5. The molecule has 0 radical (unpaired) electrons. The largest absolute Gasteiger partial charge is 0.345 e. The van der Waals surface area contributed by atoms with E-state index < -0.39 is 0 Å². The second-order valence-electron chi connectivity index (χ2n) is 7.97. The Bertz CT molecular complexity index is 974. The fraction of sp³-hybridized carbons (Fsp3) is 0.500. The summed E-state index contributed by atoms with van der Waals surface area (Å²) in [6.45, 7) is 6.03. The number of aromatic nitrogens is 3. The van der Waals surface area contributed by atoms with Gasteiger partial charge in [-0.2, -0.15) is 0 Å². The lowest BCUT2D eigenvalue weighted by Crippen LogP contribution is -2.46. The highest BCUT2D eigenvalue weighted by molar-refractivity contribution is 8.13. The molecule has 7 heteroatoms. The number of aryl methyl sites for hydroxylation is 1. The first kappa shape index (κ1) is 20.5. The number of piperidine rings is 1. The van der Waals surface area contributed by atoms with Crippen molar-refractivity contribution in [3.63, 3.8) is 0 Å². The van der Waals surface area contributed by atoms with Crippen LogP contribution in [0.4, 0.5) is 0 Å². The van der Waals surface area contributed by atoms with Crippen molar-refractivity contribution in [2.24, 2.45) is 4.99 Å². The van der Waals surface area contributed by atoms with E-state index in [1.165, 1.54) is 12.8 Å². The number of amidine groups is 1. The molecule has 154 valence electrons. The predicted molar refractivity (Wildman–Crippen MR) is 124 cm³/mol. The molecule has 2 aromatic rings. The van der Waals surface area contributed by atoms with E-state index in [1.54, 1.807) is 11.8 Å². The van der Waals surface area contributed by atoms with Gasteiger partial charge in [0.05, 0.1) is 17.2 Å². The molecule has 2 aliphatic heterocycles. The van der Waals surface area contributed by atoms with Gasteiger partial charge >= 0.3 is 0 Å². The van der Waals surface area contributed by atoms with Crippen LogP contribution in [0.1, 0.15) is 51.4 Å². The van der Waals surface area contributed by atoms with Crippen LogP contribution in [0.5, 0.6) is 0 Å². The molecule has 4 rings (SSSR count). The van der Waals surface area contributed by atoms with Crippen LogP contribution in [-0.4, -0.2) is 42.9 Å². The topological polar surface area (TPSA) is 46.3 Å². The minimum Gasteiger partial charge on any atom is -0.345 e. The Labute approximate surface area is 182 Å². The fourth-order valence-electron chi connectivity index (χ4n) is 4.83. The van der Waals surface area contributed by atoms with Crippen LogP contribution in [-0.2, 0) is 0 Å². The summed E-state index contributed by atoms with van der Waals surface area (Å²) in [6, 6.07) is 3.53. The molecule has 4 heterocycles. The van der Waals surface area contributed by atoms with Gasteiger partial charge in [-0.1, -0.05) is 23.4 Å². The summed E-state index contributed by atoms with van der Waals surface area (Å²) < 4.78 is 2.42. The molecule has 0 amide bonds.